The van der Waals surface area contributed by atoms with Gasteiger partial charge in [-0.25, -0.2) is 13.1 Å². The molecule has 7 nitrogen and oxygen atoms in total. The first-order chi connectivity index (χ1) is 10.6. The monoisotopic (exact) mass is 338 g/mol. The molecular weight excluding hydrogens is 320 g/mol. The van der Waals surface area contributed by atoms with Crippen molar-refractivity contribution in [2.45, 2.75) is 36.8 Å². The van der Waals surface area contributed by atoms with Crippen LogP contribution in [0.1, 0.15) is 41.0 Å². The van der Waals surface area contributed by atoms with Crippen LogP contribution in [0.4, 0.5) is 0 Å². The molecule has 3 rings (SSSR count). The minimum absolute atomic E-state index is 0.0320. The molecule has 0 radical (unpaired) electrons. The van der Waals surface area contributed by atoms with Crippen molar-refractivity contribution in [2.75, 3.05) is 13.7 Å². The van der Waals surface area contributed by atoms with E-state index in [1.54, 1.807) is 0 Å². The lowest BCUT2D eigenvalue weighted by Gasteiger charge is -2.26. The first kappa shape index (κ1) is 16.1. The molecule has 0 aliphatic carbocycles. The number of nitrogens with zero attached hydrogens (tertiary/aromatic N) is 1. The molecule has 124 valence electrons. The van der Waals surface area contributed by atoms with Crippen LogP contribution in [0.25, 0.3) is 0 Å². The van der Waals surface area contributed by atoms with E-state index in [9.17, 15) is 18.0 Å². The minimum Gasteiger partial charge on any atom is -0.374 e. The van der Waals surface area contributed by atoms with Crippen molar-refractivity contribution in [3.8, 4) is 0 Å². The second-order valence-electron chi connectivity index (χ2n) is 6.29. The summed E-state index contributed by atoms with van der Waals surface area (Å²) >= 11 is 0. The fourth-order valence-corrected chi connectivity index (χ4v) is 4.28. The highest BCUT2D eigenvalue weighted by Crippen LogP contribution is 2.28. The molecule has 2 aliphatic heterocycles. The van der Waals surface area contributed by atoms with Gasteiger partial charge in [0.25, 0.3) is 11.8 Å². The highest BCUT2D eigenvalue weighted by molar-refractivity contribution is 7.89. The average Bonchev–Trinajstić information content (AvgIpc) is 2.91. The number of hydrogen-bond donors (Lipinski definition) is 1. The Bertz CT molecular complexity index is 800. The predicted molar refractivity (Wildman–Crippen MR) is 81.6 cm³/mol. The van der Waals surface area contributed by atoms with Crippen LogP contribution in [0.5, 0.6) is 0 Å². The number of fused-ring (bicyclic) bond motifs is 1. The maximum Gasteiger partial charge on any atom is 0.261 e. The van der Waals surface area contributed by atoms with E-state index in [0.29, 0.717) is 13.0 Å². The number of imide groups is 1. The van der Waals surface area contributed by atoms with Crippen LogP contribution < -0.4 is 4.72 Å². The van der Waals surface area contributed by atoms with Crippen molar-refractivity contribution in [1.29, 1.82) is 0 Å². The summed E-state index contributed by atoms with van der Waals surface area (Å²) < 4.78 is 33.3. The molecule has 2 heterocycles. The Hall–Kier alpha value is -1.77. The number of hydrogen-bond acceptors (Lipinski definition) is 5. The van der Waals surface area contributed by atoms with Gasteiger partial charge in [0.1, 0.15) is 0 Å². The van der Waals surface area contributed by atoms with Gasteiger partial charge >= 0.3 is 0 Å². The van der Waals surface area contributed by atoms with Gasteiger partial charge in [-0.2, -0.15) is 0 Å². The molecule has 0 bridgehead atoms. The lowest BCUT2D eigenvalue weighted by Crippen LogP contribution is -2.46. The van der Waals surface area contributed by atoms with E-state index in [1.807, 2.05) is 13.8 Å². The van der Waals surface area contributed by atoms with Crippen molar-refractivity contribution in [3.63, 3.8) is 0 Å². The maximum atomic E-state index is 12.6. The summed E-state index contributed by atoms with van der Waals surface area (Å²) in [6.07, 6.45) is 0.581. The van der Waals surface area contributed by atoms with Gasteiger partial charge in [0.2, 0.25) is 10.0 Å². The van der Waals surface area contributed by atoms with E-state index < -0.39 is 27.4 Å². The molecule has 0 spiro atoms. The third-order valence-corrected chi connectivity index (χ3v) is 5.86. The van der Waals surface area contributed by atoms with E-state index in [2.05, 4.69) is 4.72 Å². The number of carbonyl (C=O) groups is 2. The molecule has 1 aromatic rings. The molecule has 1 N–H and O–H groups in total. The highest BCUT2D eigenvalue weighted by Gasteiger charge is 2.39. The van der Waals surface area contributed by atoms with Crippen molar-refractivity contribution >= 4 is 21.8 Å². The predicted octanol–water partition coefficient (Wildman–Crippen LogP) is 0.758. The van der Waals surface area contributed by atoms with Crippen molar-refractivity contribution in [3.05, 3.63) is 29.3 Å². The van der Waals surface area contributed by atoms with Gasteiger partial charge in [0.05, 0.1) is 27.7 Å². The number of amides is 2. The van der Waals surface area contributed by atoms with Gasteiger partial charge in [-0.1, -0.05) is 0 Å². The first-order valence-corrected chi connectivity index (χ1v) is 8.74. The largest absolute Gasteiger partial charge is 0.374 e. The standard InChI is InChI=1S/C15H18N2O5S/c1-15(2)12(6-7-22-15)16-23(20,21)9-4-5-10-11(8-9)14(19)17(3)13(10)18/h4-5,8,12,16H,6-7H2,1-3H3. The molecule has 1 saturated heterocycles. The SMILES string of the molecule is CN1C(=O)c2ccc(S(=O)(=O)NC3CCOC3(C)C)cc2C1=O. The van der Waals surface area contributed by atoms with Crippen LogP contribution in [-0.4, -0.2) is 50.4 Å². The molecule has 0 saturated carbocycles. The van der Waals surface area contributed by atoms with Crippen LogP contribution in [0.15, 0.2) is 23.1 Å². The summed E-state index contributed by atoms with van der Waals surface area (Å²) in [4.78, 5) is 24.8. The number of rotatable bonds is 3. The van der Waals surface area contributed by atoms with E-state index in [-0.39, 0.29) is 22.1 Å². The third-order valence-electron chi connectivity index (χ3n) is 4.39. The van der Waals surface area contributed by atoms with Crippen LogP contribution in [0.3, 0.4) is 0 Å². The normalized spacial score (nSPS) is 23.4. The Morgan fingerprint density at radius 1 is 1.22 bits per heavy atom. The Morgan fingerprint density at radius 3 is 2.48 bits per heavy atom. The van der Waals surface area contributed by atoms with E-state index in [1.165, 1.54) is 25.2 Å². The van der Waals surface area contributed by atoms with Crippen LogP contribution in [0, 0.1) is 0 Å². The molecule has 1 fully saturated rings. The summed E-state index contributed by atoms with van der Waals surface area (Å²) in [5.74, 6) is -0.918. The van der Waals surface area contributed by atoms with Gasteiger partial charge in [-0.15, -0.1) is 0 Å². The maximum absolute atomic E-state index is 12.6. The highest BCUT2D eigenvalue weighted by atomic mass is 32.2. The van der Waals surface area contributed by atoms with Gasteiger partial charge in [-0.3, -0.25) is 14.5 Å². The number of nitrogens with one attached hydrogen (secondary N) is 1. The molecule has 8 heteroatoms. The summed E-state index contributed by atoms with van der Waals surface area (Å²) in [6, 6.07) is 3.63. The molecule has 1 aromatic carbocycles. The summed E-state index contributed by atoms with van der Waals surface area (Å²) in [7, 11) is -2.44. The fraction of sp³-hybridized carbons (Fsp3) is 0.467. The Morgan fingerprint density at radius 2 is 1.87 bits per heavy atom. The van der Waals surface area contributed by atoms with E-state index >= 15 is 0 Å². The third kappa shape index (κ3) is 2.56. The molecule has 1 unspecified atom stereocenters. The zero-order valence-electron chi connectivity index (χ0n) is 13.1. The Labute approximate surface area is 134 Å². The van der Waals surface area contributed by atoms with Crippen molar-refractivity contribution in [2.24, 2.45) is 0 Å². The number of carbonyl (C=O) groups excluding carboxylic acids is 2. The number of benzene rings is 1. The average molecular weight is 338 g/mol. The van der Waals surface area contributed by atoms with Gasteiger partial charge in [0, 0.05) is 13.7 Å². The second kappa shape index (κ2) is 5.12. The zero-order chi connectivity index (χ0) is 17.0. The quantitative estimate of drug-likeness (QED) is 0.821. The zero-order valence-corrected chi connectivity index (χ0v) is 13.9. The molecule has 2 aliphatic rings. The number of sulfonamides is 1. The lowest BCUT2D eigenvalue weighted by atomic mass is 10.0. The van der Waals surface area contributed by atoms with Crippen molar-refractivity contribution < 1.29 is 22.7 Å². The molecular formula is C15H18N2O5S. The first-order valence-electron chi connectivity index (χ1n) is 7.26. The van der Waals surface area contributed by atoms with Gasteiger partial charge in [-0.05, 0) is 38.5 Å². The van der Waals surface area contributed by atoms with Gasteiger partial charge < -0.3 is 4.74 Å². The molecule has 1 atom stereocenters. The smallest absolute Gasteiger partial charge is 0.261 e. The lowest BCUT2D eigenvalue weighted by molar-refractivity contribution is 0.0255. The second-order valence-corrected chi connectivity index (χ2v) is 8.01. The summed E-state index contributed by atoms with van der Waals surface area (Å²) in [5.41, 5.74) is -0.251. The van der Waals surface area contributed by atoms with Gasteiger partial charge in [0.15, 0.2) is 0 Å². The summed E-state index contributed by atoms with van der Waals surface area (Å²) in [6.45, 7) is 4.14. The van der Waals surface area contributed by atoms with Crippen molar-refractivity contribution in [1.82, 2.24) is 9.62 Å². The fourth-order valence-electron chi connectivity index (χ4n) is 2.85. The van der Waals surface area contributed by atoms with E-state index in [0.717, 1.165) is 4.90 Å². The van der Waals surface area contributed by atoms with Crippen LogP contribution in [0.2, 0.25) is 0 Å². The summed E-state index contributed by atoms with van der Waals surface area (Å²) in [5, 5.41) is 0. The number of ether oxygens (including phenoxy) is 1. The van der Waals surface area contributed by atoms with Crippen LogP contribution >= 0.6 is 0 Å². The molecule has 2 amide bonds. The Kier molecular flexibility index (Phi) is 3.58. The van der Waals surface area contributed by atoms with Crippen LogP contribution in [-0.2, 0) is 14.8 Å². The van der Waals surface area contributed by atoms with E-state index in [4.69, 9.17) is 4.74 Å². The topological polar surface area (TPSA) is 92.8 Å². The Balaban J connectivity index is 1.94. The minimum atomic E-state index is -3.81. The molecule has 0 aromatic heterocycles. The molecule has 23 heavy (non-hydrogen) atoms.